The molecule has 0 radical (unpaired) electrons. The molecule has 0 spiro atoms. The SMILES string of the molecule is CCCOCCCN1CC(C)(C2CC2)NCC1CC. The summed E-state index contributed by atoms with van der Waals surface area (Å²) < 4.78 is 5.61. The van der Waals surface area contributed by atoms with Crippen LogP contribution in [0, 0.1) is 5.92 Å². The summed E-state index contributed by atoms with van der Waals surface area (Å²) in [5.41, 5.74) is 0.371. The monoisotopic (exact) mass is 268 g/mol. The Bertz CT molecular complexity index is 267. The van der Waals surface area contributed by atoms with Crippen molar-refractivity contribution >= 4 is 0 Å². The van der Waals surface area contributed by atoms with E-state index in [1.54, 1.807) is 0 Å². The van der Waals surface area contributed by atoms with Gasteiger partial charge in [0.15, 0.2) is 0 Å². The van der Waals surface area contributed by atoms with Crippen LogP contribution in [0.5, 0.6) is 0 Å². The van der Waals surface area contributed by atoms with Crippen LogP contribution in [0.4, 0.5) is 0 Å². The van der Waals surface area contributed by atoms with Crippen molar-refractivity contribution in [2.45, 2.75) is 64.5 Å². The van der Waals surface area contributed by atoms with Crippen molar-refractivity contribution in [3.63, 3.8) is 0 Å². The second kappa shape index (κ2) is 7.05. The van der Waals surface area contributed by atoms with E-state index in [-0.39, 0.29) is 0 Å². The number of ether oxygens (including phenoxy) is 1. The Balaban J connectivity index is 1.77. The molecule has 1 saturated heterocycles. The number of nitrogens with one attached hydrogen (secondary N) is 1. The molecule has 2 aliphatic rings. The lowest BCUT2D eigenvalue weighted by molar-refractivity contribution is 0.0581. The highest BCUT2D eigenvalue weighted by molar-refractivity contribution is 5.03. The molecule has 0 amide bonds. The molecular weight excluding hydrogens is 236 g/mol. The van der Waals surface area contributed by atoms with E-state index in [0.717, 1.165) is 31.6 Å². The molecule has 3 nitrogen and oxygen atoms in total. The Labute approximate surface area is 119 Å². The molecule has 1 saturated carbocycles. The summed E-state index contributed by atoms with van der Waals surface area (Å²) >= 11 is 0. The number of rotatable bonds is 8. The second-order valence-corrected chi connectivity index (χ2v) is 6.57. The lowest BCUT2D eigenvalue weighted by Crippen LogP contribution is -2.63. The minimum Gasteiger partial charge on any atom is -0.381 e. The molecule has 2 unspecified atom stereocenters. The van der Waals surface area contributed by atoms with Crippen molar-refractivity contribution in [2.75, 3.05) is 32.8 Å². The summed E-state index contributed by atoms with van der Waals surface area (Å²) in [6, 6.07) is 0.720. The van der Waals surface area contributed by atoms with Gasteiger partial charge in [-0.05, 0) is 44.9 Å². The summed E-state index contributed by atoms with van der Waals surface area (Å²) in [6.07, 6.45) is 6.41. The van der Waals surface area contributed by atoms with Crippen molar-refractivity contribution in [2.24, 2.45) is 5.92 Å². The average molecular weight is 268 g/mol. The van der Waals surface area contributed by atoms with E-state index in [4.69, 9.17) is 4.74 Å². The van der Waals surface area contributed by atoms with Crippen LogP contribution in [0.3, 0.4) is 0 Å². The fourth-order valence-electron chi connectivity index (χ4n) is 3.36. The first-order valence-corrected chi connectivity index (χ1v) is 8.26. The standard InChI is InChI=1S/C16H32N2O/c1-4-10-19-11-6-9-18-13-16(3,14-7-8-14)17-12-15(18)5-2/h14-15,17H,4-13H2,1-3H3. The zero-order valence-corrected chi connectivity index (χ0v) is 13.1. The van der Waals surface area contributed by atoms with E-state index in [1.807, 2.05) is 0 Å². The summed E-state index contributed by atoms with van der Waals surface area (Å²) in [5, 5.41) is 3.83. The predicted octanol–water partition coefficient (Wildman–Crippen LogP) is 2.66. The van der Waals surface area contributed by atoms with Gasteiger partial charge in [-0.2, -0.15) is 0 Å². The Morgan fingerprint density at radius 1 is 1.26 bits per heavy atom. The minimum absolute atomic E-state index is 0.371. The van der Waals surface area contributed by atoms with Crippen molar-refractivity contribution in [3.05, 3.63) is 0 Å². The van der Waals surface area contributed by atoms with Crippen molar-refractivity contribution in [3.8, 4) is 0 Å². The molecule has 0 aromatic carbocycles. The maximum Gasteiger partial charge on any atom is 0.0478 e. The predicted molar refractivity (Wildman–Crippen MR) is 80.5 cm³/mol. The van der Waals surface area contributed by atoms with Crippen LogP contribution in [0.15, 0.2) is 0 Å². The summed E-state index contributed by atoms with van der Waals surface area (Å²) in [5.74, 6) is 0.921. The third-order valence-electron chi connectivity index (χ3n) is 4.82. The number of hydrogen-bond acceptors (Lipinski definition) is 3. The second-order valence-electron chi connectivity index (χ2n) is 6.57. The minimum atomic E-state index is 0.371. The summed E-state index contributed by atoms with van der Waals surface area (Å²) in [4.78, 5) is 2.71. The van der Waals surface area contributed by atoms with Gasteiger partial charge in [0, 0.05) is 44.4 Å². The van der Waals surface area contributed by atoms with Crippen LogP contribution < -0.4 is 5.32 Å². The zero-order valence-electron chi connectivity index (χ0n) is 13.1. The highest BCUT2D eigenvalue weighted by atomic mass is 16.5. The van der Waals surface area contributed by atoms with Crippen LogP contribution in [-0.4, -0.2) is 49.3 Å². The maximum absolute atomic E-state index is 5.61. The fourth-order valence-corrected chi connectivity index (χ4v) is 3.36. The van der Waals surface area contributed by atoms with Gasteiger partial charge in [-0.1, -0.05) is 13.8 Å². The molecule has 19 heavy (non-hydrogen) atoms. The molecule has 1 N–H and O–H groups in total. The van der Waals surface area contributed by atoms with Gasteiger partial charge in [-0.25, -0.2) is 0 Å². The topological polar surface area (TPSA) is 24.5 Å². The average Bonchev–Trinajstić information content (AvgIpc) is 3.23. The van der Waals surface area contributed by atoms with Crippen molar-refractivity contribution < 1.29 is 4.74 Å². The molecule has 1 aliphatic heterocycles. The Kier molecular flexibility index (Phi) is 5.67. The highest BCUT2D eigenvalue weighted by Crippen LogP contribution is 2.41. The molecule has 112 valence electrons. The van der Waals surface area contributed by atoms with Gasteiger partial charge in [-0.15, -0.1) is 0 Å². The summed E-state index contributed by atoms with van der Waals surface area (Å²) in [7, 11) is 0. The Morgan fingerprint density at radius 3 is 2.68 bits per heavy atom. The van der Waals surface area contributed by atoms with E-state index in [0.29, 0.717) is 5.54 Å². The highest BCUT2D eigenvalue weighted by Gasteiger charge is 2.45. The van der Waals surface area contributed by atoms with E-state index < -0.39 is 0 Å². The molecule has 2 fully saturated rings. The third-order valence-corrected chi connectivity index (χ3v) is 4.82. The molecule has 2 rings (SSSR count). The van der Waals surface area contributed by atoms with Crippen LogP contribution >= 0.6 is 0 Å². The largest absolute Gasteiger partial charge is 0.381 e. The van der Waals surface area contributed by atoms with Gasteiger partial charge < -0.3 is 10.1 Å². The van der Waals surface area contributed by atoms with E-state index >= 15 is 0 Å². The zero-order chi connectivity index (χ0) is 13.7. The van der Waals surface area contributed by atoms with Crippen LogP contribution in [-0.2, 0) is 4.74 Å². The van der Waals surface area contributed by atoms with Crippen molar-refractivity contribution in [1.29, 1.82) is 0 Å². The number of piperazine rings is 1. The molecule has 3 heteroatoms. The van der Waals surface area contributed by atoms with Gasteiger partial charge in [-0.3, -0.25) is 4.90 Å². The molecule has 1 aliphatic carbocycles. The molecule has 0 bridgehead atoms. The number of nitrogens with zero attached hydrogens (tertiary/aromatic N) is 1. The molecule has 2 atom stereocenters. The Morgan fingerprint density at radius 2 is 2.05 bits per heavy atom. The van der Waals surface area contributed by atoms with Crippen molar-refractivity contribution in [1.82, 2.24) is 10.2 Å². The maximum atomic E-state index is 5.61. The van der Waals surface area contributed by atoms with Crippen LogP contribution in [0.2, 0.25) is 0 Å². The van der Waals surface area contributed by atoms with Gasteiger partial charge in [0.1, 0.15) is 0 Å². The normalized spacial score (nSPS) is 32.7. The molecule has 0 aromatic rings. The first-order chi connectivity index (χ1) is 9.19. The lowest BCUT2D eigenvalue weighted by atomic mass is 9.90. The first-order valence-electron chi connectivity index (χ1n) is 8.26. The van der Waals surface area contributed by atoms with E-state index in [9.17, 15) is 0 Å². The van der Waals surface area contributed by atoms with E-state index in [1.165, 1.54) is 45.3 Å². The molecule has 1 heterocycles. The van der Waals surface area contributed by atoms with Crippen LogP contribution in [0.25, 0.3) is 0 Å². The van der Waals surface area contributed by atoms with Gasteiger partial charge in [0.25, 0.3) is 0 Å². The fraction of sp³-hybridized carbons (Fsp3) is 1.00. The quantitative estimate of drug-likeness (QED) is 0.685. The third kappa shape index (κ3) is 4.17. The molecular formula is C16H32N2O. The summed E-state index contributed by atoms with van der Waals surface area (Å²) in [6.45, 7) is 12.3. The van der Waals surface area contributed by atoms with Crippen LogP contribution in [0.1, 0.15) is 52.9 Å². The number of hydrogen-bond donors (Lipinski definition) is 1. The van der Waals surface area contributed by atoms with E-state index in [2.05, 4.69) is 31.0 Å². The van der Waals surface area contributed by atoms with Gasteiger partial charge in [0.2, 0.25) is 0 Å². The first kappa shape index (κ1) is 15.3. The molecule has 0 aromatic heterocycles. The van der Waals surface area contributed by atoms with Gasteiger partial charge >= 0.3 is 0 Å². The van der Waals surface area contributed by atoms with Gasteiger partial charge in [0.05, 0.1) is 0 Å². The lowest BCUT2D eigenvalue weighted by Gasteiger charge is -2.46. The smallest absolute Gasteiger partial charge is 0.0478 e. The Hall–Kier alpha value is -0.120.